The molecule has 0 aliphatic heterocycles. The minimum absolute atomic E-state index is 0.223. The maximum atomic E-state index is 12.1. The topological polar surface area (TPSA) is 66.4 Å². The second-order valence-electron chi connectivity index (χ2n) is 5.59. The number of hydrogen-bond acceptors (Lipinski definition) is 2. The van der Waals surface area contributed by atoms with Crippen molar-refractivity contribution in [1.82, 2.24) is 5.32 Å². The van der Waals surface area contributed by atoms with Gasteiger partial charge in [0.2, 0.25) is 5.91 Å². The van der Waals surface area contributed by atoms with E-state index in [9.17, 15) is 14.7 Å². The van der Waals surface area contributed by atoms with E-state index in [1.54, 1.807) is 6.07 Å². The van der Waals surface area contributed by atoms with Crippen LogP contribution in [0.25, 0.3) is 0 Å². The van der Waals surface area contributed by atoms with Gasteiger partial charge in [-0.15, -0.1) is 0 Å². The van der Waals surface area contributed by atoms with E-state index in [0.29, 0.717) is 24.3 Å². The predicted octanol–water partition coefficient (Wildman–Crippen LogP) is 3.18. The number of aliphatic carboxylic acids is 1. The van der Waals surface area contributed by atoms with Crippen LogP contribution >= 0.6 is 11.6 Å². The maximum absolute atomic E-state index is 12.1. The minimum Gasteiger partial charge on any atom is -0.480 e. The summed E-state index contributed by atoms with van der Waals surface area (Å²) in [5.41, 5.74) is -0.169. The van der Waals surface area contributed by atoms with Crippen LogP contribution in [0.5, 0.6) is 0 Å². The van der Waals surface area contributed by atoms with Crippen LogP contribution in [0.2, 0.25) is 5.02 Å². The van der Waals surface area contributed by atoms with Crippen LogP contribution in [0, 0.1) is 0 Å². The molecule has 2 N–H and O–H groups in total. The Morgan fingerprint density at radius 3 is 2.48 bits per heavy atom. The Balaban J connectivity index is 1.94. The third-order valence-electron chi connectivity index (χ3n) is 4.07. The average molecular weight is 310 g/mol. The normalized spacial score (nSPS) is 17.2. The van der Waals surface area contributed by atoms with E-state index < -0.39 is 11.5 Å². The molecule has 1 aromatic carbocycles. The van der Waals surface area contributed by atoms with Crippen LogP contribution in [0.4, 0.5) is 0 Å². The van der Waals surface area contributed by atoms with E-state index in [-0.39, 0.29) is 12.3 Å². The van der Waals surface area contributed by atoms with Crippen LogP contribution in [-0.2, 0) is 16.0 Å². The molecule has 1 saturated carbocycles. The fraction of sp³-hybridized carbons (Fsp3) is 0.500. The molecular formula is C16H20ClNO3. The summed E-state index contributed by atoms with van der Waals surface area (Å²) in [6.45, 7) is 0. The molecule has 0 spiro atoms. The summed E-state index contributed by atoms with van der Waals surface area (Å²) in [5, 5.41) is 12.8. The van der Waals surface area contributed by atoms with Crippen LogP contribution in [0.15, 0.2) is 24.3 Å². The number of carbonyl (C=O) groups excluding carboxylic acids is 1. The molecule has 1 aliphatic carbocycles. The highest BCUT2D eigenvalue weighted by atomic mass is 35.5. The van der Waals surface area contributed by atoms with E-state index in [2.05, 4.69) is 5.32 Å². The summed E-state index contributed by atoms with van der Waals surface area (Å²) in [6.07, 6.45) is 4.51. The summed E-state index contributed by atoms with van der Waals surface area (Å²) in [7, 11) is 0. The molecule has 114 valence electrons. The number of carboxylic acid groups (broad SMARTS) is 1. The van der Waals surface area contributed by atoms with Gasteiger partial charge in [-0.25, -0.2) is 4.79 Å². The molecule has 1 amide bonds. The van der Waals surface area contributed by atoms with Crippen molar-refractivity contribution in [2.24, 2.45) is 0 Å². The molecule has 4 nitrogen and oxygen atoms in total. The van der Waals surface area contributed by atoms with Gasteiger partial charge in [-0.1, -0.05) is 49.1 Å². The first-order chi connectivity index (χ1) is 10.0. The Bertz CT molecular complexity index is 524. The monoisotopic (exact) mass is 309 g/mol. The summed E-state index contributed by atoms with van der Waals surface area (Å²) >= 11 is 6.05. The van der Waals surface area contributed by atoms with Gasteiger partial charge in [0.25, 0.3) is 0 Å². The van der Waals surface area contributed by atoms with Gasteiger partial charge in [0.05, 0.1) is 0 Å². The third-order valence-corrected chi connectivity index (χ3v) is 4.44. The first-order valence-electron chi connectivity index (χ1n) is 7.31. The Morgan fingerprint density at radius 1 is 1.19 bits per heavy atom. The molecule has 1 aliphatic rings. The van der Waals surface area contributed by atoms with E-state index in [0.717, 1.165) is 24.8 Å². The van der Waals surface area contributed by atoms with Gasteiger partial charge in [0.1, 0.15) is 5.54 Å². The number of hydrogen-bond donors (Lipinski definition) is 2. The van der Waals surface area contributed by atoms with E-state index in [1.807, 2.05) is 18.2 Å². The number of aryl methyl sites for hydroxylation is 1. The largest absolute Gasteiger partial charge is 0.480 e. The molecule has 0 heterocycles. The second kappa shape index (κ2) is 6.94. The van der Waals surface area contributed by atoms with Gasteiger partial charge in [-0.05, 0) is 30.9 Å². The molecule has 1 aromatic rings. The number of nitrogens with one attached hydrogen (secondary N) is 1. The van der Waals surface area contributed by atoms with Crippen molar-refractivity contribution in [1.29, 1.82) is 0 Å². The first-order valence-corrected chi connectivity index (χ1v) is 7.69. The Kier molecular flexibility index (Phi) is 5.23. The molecule has 0 aromatic heterocycles. The lowest BCUT2D eigenvalue weighted by Gasteiger charge is -2.34. The summed E-state index contributed by atoms with van der Waals surface area (Å²) in [5.74, 6) is -1.15. The zero-order valence-electron chi connectivity index (χ0n) is 11.9. The molecule has 0 radical (unpaired) electrons. The van der Waals surface area contributed by atoms with E-state index >= 15 is 0 Å². The van der Waals surface area contributed by atoms with Crippen LogP contribution < -0.4 is 5.32 Å². The van der Waals surface area contributed by atoms with Crippen molar-refractivity contribution in [3.8, 4) is 0 Å². The van der Waals surface area contributed by atoms with Crippen molar-refractivity contribution in [2.45, 2.75) is 50.5 Å². The van der Waals surface area contributed by atoms with Crippen LogP contribution in [-0.4, -0.2) is 22.5 Å². The number of carbonyl (C=O) groups is 2. The van der Waals surface area contributed by atoms with Gasteiger partial charge >= 0.3 is 5.97 Å². The fourth-order valence-corrected chi connectivity index (χ4v) is 3.06. The number of rotatable bonds is 5. The lowest BCUT2D eigenvalue weighted by molar-refractivity contribution is -0.149. The Labute approximate surface area is 129 Å². The van der Waals surface area contributed by atoms with Crippen molar-refractivity contribution in [2.75, 3.05) is 0 Å². The molecule has 5 heteroatoms. The number of halogens is 1. The van der Waals surface area contributed by atoms with Crippen molar-refractivity contribution >= 4 is 23.5 Å². The third kappa shape index (κ3) is 3.97. The fourth-order valence-electron chi connectivity index (χ4n) is 2.83. The zero-order valence-corrected chi connectivity index (χ0v) is 12.7. The molecule has 21 heavy (non-hydrogen) atoms. The number of carboxylic acids is 1. The van der Waals surface area contributed by atoms with Crippen molar-refractivity contribution in [3.05, 3.63) is 34.9 Å². The van der Waals surface area contributed by atoms with Crippen molar-refractivity contribution in [3.63, 3.8) is 0 Å². The summed E-state index contributed by atoms with van der Waals surface area (Å²) in [6, 6.07) is 7.38. The van der Waals surface area contributed by atoms with Gasteiger partial charge in [-0.3, -0.25) is 4.79 Å². The summed E-state index contributed by atoms with van der Waals surface area (Å²) < 4.78 is 0. The maximum Gasteiger partial charge on any atom is 0.329 e. The summed E-state index contributed by atoms with van der Waals surface area (Å²) in [4.78, 5) is 23.6. The van der Waals surface area contributed by atoms with E-state index in [1.165, 1.54) is 0 Å². The van der Waals surface area contributed by atoms with Gasteiger partial charge < -0.3 is 10.4 Å². The minimum atomic E-state index is -1.07. The molecule has 0 atom stereocenters. The zero-order chi connectivity index (χ0) is 15.3. The highest BCUT2D eigenvalue weighted by molar-refractivity contribution is 6.31. The Morgan fingerprint density at radius 2 is 1.86 bits per heavy atom. The predicted molar refractivity (Wildman–Crippen MR) is 81.4 cm³/mol. The lowest BCUT2D eigenvalue weighted by Crippen LogP contribution is -2.55. The van der Waals surface area contributed by atoms with Crippen LogP contribution in [0.3, 0.4) is 0 Å². The molecule has 1 fully saturated rings. The average Bonchev–Trinajstić information content (AvgIpc) is 2.47. The molecule has 0 unspecified atom stereocenters. The van der Waals surface area contributed by atoms with Gasteiger partial charge in [0, 0.05) is 11.4 Å². The quantitative estimate of drug-likeness (QED) is 0.878. The number of amides is 1. The smallest absolute Gasteiger partial charge is 0.329 e. The standard InChI is InChI=1S/C16H20ClNO3/c17-13-7-3-2-6-12(13)8-9-14(19)18-16(15(20)21)10-4-1-5-11-16/h2-3,6-7H,1,4-5,8-11H2,(H,18,19)(H,20,21). The lowest BCUT2D eigenvalue weighted by atomic mass is 9.81. The van der Waals surface area contributed by atoms with Gasteiger partial charge in [0.15, 0.2) is 0 Å². The van der Waals surface area contributed by atoms with E-state index in [4.69, 9.17) is 11.6 Å². The molecule has 2 rings (SSSR count). The highest BCUT2D eigenvalue weighted by Gasteiger charge is 2.40. The Hall–Kier alpha value is -1.55. The molecule has 0 bridgehead atoms. The second-order valence-corrected chi connectivity index (χ2v) is 5.99. The van der Waals surface area contributed by atoms with Gasteiger partial charge in [-0.2, -0.15) is 0 Å². The molecular weight excluding hydrogens is 290 g/mol. The first kappa shape index (κ1) is 15.8. The van der Waals surface area contributed by atoms with Crippen molar-refractivity contribution < 1.29 is 14.7 Å². The number of benzene rings is 1. The molecule has 0 saturated heterocycles. The SMILES string of the molecule is O=C(CCc1ccccc1Cl)NC1(C(=O)O)CCCCC1. The van der Waals surface area contributed by atoms with Crippen LogP contribution in [0.1, 0.15) is 44.1 Å². The highest BCUT2D eigenvalue weighted by Crippen LogP contribution is 2.28.